The van der Waals surface area contributed by atoms with E-state index in [0.717, 1.165) is 6.07 Å². The van der Waals surface area contributed by atoms with Crippen molar-refractivity contribution in [2.75, 3.05) is 0 Å². The number of carboxylic acid groups (broad SMARTS) is 1. The molecule has 0 unspecified atom stereocenters. The van der Waals surface area contributed by atoms with Crippen molar-refractivity contribution in [2.45, 2.75) is 0 Å². The number of carboxylic acids is 1. The molecule has 0 aliphatic heterocycles. The van der Waals surface area contributed by atoms with Crippen molar-refractivity contribution in [1.82, 2.24) is 0 Å². The molecule has 13 heavy (non-hydrogen) atoms. The summed E-state index contributed by atoms with van der Waals surface area (Å²) in [5.74, 6) is -1.17. The van der Waals surface area contributed by atoms with Crippen molar-refractivity contribution >= 4 is 11.7 Å². The van der Waals surface area contributed by atoms with E-state index in [9.17, 15) is 14.9 Å². The molecule has 70 valence electrons. The van der Waals surface area contributed by atoms with Crippen LogP contribution in [0.4, 0.5) is 10.4 Å². The van der Waals surface area contributed by atoms with Gasteiger partial charge in [0, 0.05) is 12.1 Å². The number of hydrogen-bond donors (Lipinski definition) is 1. The SMILES string of the molecule is F.O=C(O)c1cccc([N+](=O)[O-])c1. The topological polar surface area (TPSA) is 80.4 Å². The lowest BCUT2D eigenvalue weighted by atomic mass is 10.2. The highest BCUT2D eigenvalue weighted by Gasteiger charge is 2.08. The van der Waals surface area contributed by atoms with Crippen LogP contribution in [0.15, 0.2) is 24.3 Å². The molecule has 0 heterocycles. The smallest absolute Gasteiger partial charge is 0.335 e. The Morgan fingerprint density at radius 3 is 2.54 bits per heavy atom. The standard InChI is InChI=1S/C7H5NO4.FH/c9-7(10)5-2-1-3-6(4-5)8(11)12;/h1-4H,(H,9,10);1H. The first-order valence-corrected chi connectivity index (χ1v) is 3.09. The number of nitrogens with zero attached hydrogens (tertiary/aromatic N) is 1. The van der Waals surface area contributed by atoms with E-state index >= 15 is 0 Å². The zero-order valence-electron chi connectivity index (χ0n) is 6.34. The molecule has 1 rings (SSSR count). The van der Waals surface area contributed by atoms with E-state index in [0.29, 0.717) is 0 Å². The van der Waals surface area contributed by atoms with E-state index in [-0.39, 0.29) is 16.0 Å². The summed E-state index contributed by atoms with van der Waals surface area (Å²) < 4.78 is 0. The summed E-state index contributed by atoms with van der Waals surface area (Å²) in [6.45, 7) is 0. The first-order chi connectivity index (χ1) is 5.61. The number of nitro benzene ring substituents is 1. The van der Waals surface area contributed by atoms with Gasteiger partial charge in [-0.05, 0) is 6.07 Å². The fourth-order valence-electron chi connectivity index (χ4n) is 0.753. The summed E-state index contributed by atoms with van der Waals surface area (Å²) >= 11 is 0. The third-order valence-electron chi connectivity index (χ3n) is 1.30. The Labute approximate surface area is 72.1 Å². The monoisotopic (exact) mass is 187 g/mol. The molecule has 0 atom stereocenters. The lowest BCUT2D eigenvalue weighted by molar-refractivity contribution is -0.384. The van der Waals surface area contributed by atoms with Crippen LogP contribution < -0.4 is 0 Å². The Morgan fingerprint density at radius 2 is 2.08 bits per heavy atom. The molecule has 6 heteroatoms. The molecule has 5 nitrogen and oxygen atoms in total. The summed E-state index contributed by atoms with van der Waals surface area (Å²) in [6.07, 6.45) is 0. The van der Waals surface area contributed by atoms with Crippen LogP contribution in [-0.2, 0) is 0 Å². The van der Waals surface area contributed by atoms with E-state index in [1.54, 1.807) is 0 Å². The molecule has 1 N–H and O–H groups in total. The number of aromatic carboxylic acids is 1. The molecule has 0 bridgehead atoms. The molecule has 0 amide bonds. The molecule has 0 aromatic heterocycles. The van der Waals surface area contributed by atoms with Crippen LogP contribution in [0.25, 0.3) is 0 Å². The second kappa shape index (κ2) is 4.15. The molecular weight excluding hydrogens is 181 g/mol. The second-order valence-electron chi connectivity index (χ2n) is 2.11. The predicted octanol–water partition coefficient (Wildman–Crippen LogP) is 1.45. The van der Waals surface area contributed by atoms with Gasteiger partial charge >= 0.3 is 5.97 Å². The quantitative estimate of drug-likeness (QED) is 0.561. The average molecular weight is 187 g/mol. The lowest BCUT2D eigenvalue weighted by Gasteiger charge is -1.92. The summed E-state index contributed by atoms with van der Waals surface area (Å²) in [4.78, 5) is 19.9. The summed E-state index contributed by atoms with van der Waals surface area (Å²) in [5, 5.41) is 18.7. The second-order valence-corrected chi connectivity index (χ2v) is 2.11. The predicted molar refractivity (Wildman–Crippen MR) is 42.6 cm³/mol. The van der Waals surface area contributed by atoms with Crippen molar-refractivity contribution in [1.29, 1.82) is 0 Å². The van der Waals surface area contributed by atoms with Crippen molar-refractivity contribution < 1.29 is 19.5 Å². The van der Waals surface area contributed by atoms with E-state index in [1.165, 1.54) is 18.2 Å². The van der Waals surface area contributed by atoms with Gasteiger partial charge in [-0.25, -0.2) is 4.79 Å². The fourth-order valence-corrected chi connectivity index (χ4v) is 0.753. The highest BCUT2D eigenvalue weighted by molar-refractivity contribution is 5.88. The zero-order chi connectivity index (χ0) is 9.14. The minimum Gasteiger partial charge on any atom is -0.478 e. The average Bonchev–Trinajstić information content (AvgIpc) is 2.04. The largest absolute Gasteiger partial charge is 0.478 e. The van der Waals surface area contributed by atoms with Crippen molar-refractivity contribution in [3.63, 3.8) is 0 Å². The van der Waals surface area contributed by atoms with Crippen LogP contribution >= 0.6 is 0 Å². The van der Waals surface area contributed by atoms with E-state index in [4.69, 9.17) is 5.11 Å². The van der Waals surface area contributed by atoms with Gasteiger partial charge in [-0.3, -0.25) is 14.8 Å². The van der Waals surface area contributed by atoms with Crippen LogP contribution in [0, 0.1) is 10.1 Å². The van der Waals surface area contributed by atoms with E-state index in [2.05, 4.69) is 0 Å². The van der Waals surface area contributed by atoms with Crippen molar-refractivity contribution in [2.24, 2.45) is 0 Å². The third-order valence-corrected chi connectivity index (χ3v) is 1.30. The number of non-ortho nitro benzene ring substituents is 1. The minimum absolute atomic E-state index is 0. The molecule has 0 saturated heterocycles. The van der Waals surface area contributed by atoms with Gasteiger partial charge in [0.05, 0.1) is 10.5 Å². The summed E-state index contributed by atoms with van der Waals surface area (Å²) in [6, 6.07) is 4.89. The van der Waals surface area contributed by atoms with Crippen molar-refractivity contribution in [3.05, 3.63) is 39.9 Å². The first-order valence-electron chi connectivity index (χ1n) is 3.09. The van der Waals surface area contributed by atoms with E-state index < -0.39 is 10.9 Å². The first kappa shape index (κ1) is 11.0. The van der Waals surface area contributed by atoms with E-state index in [1.807, 2.05) is 0 Å². The van der Waals surface area contributed by atoms with Gasteiger partial charge in [0.25, 0.3) is 5.69 Å². The number of rotatable bonds is 2. The maximum atomic E-state index is 10.4. The molecule has 0 spiro atoms. The Balaban J connectivity index is 0.00000144. The third kappa shape index (κ3) is 2.51. The number of carbonyl (C=O) groups is 1. The minimum atomic E-state index is -1.17. The molecular formula is C7H6FNO4. The normalized spacial score (nSPS) is 8.62. The summed E-state index contributed by atoms with van der Waals surface area (Å²) in [5.41, 5.74) is -0.292. The fraction of sp³-hybridized carbons (Fsp3) is 0. The number of nitro groups is 1. The zero-order valence-corrected chi connectivity index (χ0v) is 6.34. The van der Waals surface area contributed by atoms with Gasteiger partial charge in [0.2, 0.25) is 0 Å². The lowest BCUT2D eigenvalue weighted by Crippen LogP contribution is -1.97. The maximum absolute atomic E-state index is 10.4. The highest BCUT2D eigenvalue weighted by atomic mass is 19.0. The molecule has 0 aliphatic carbocycles. The van der Waals surface area contributed by atoms with Crippen LogP contribution in [0.1, 0.15) is 10.4 Å². The molecule has 0 radical (unpaired) electrons. The molecule has 0 saturated carbocycles. The van der Waals surface area contributed by atoms with Crippen molar-refractivity contribution in [3.8, 4) is 0 Å². The number of halogens is 1. The number of benzene rings is 1. The van der Waals surface area contributed by atoms with Gasteiger partial charge in [0.15, 0.2) is 0 Å². The summed E-state index contributed by atoms with van der Waals surface area (Å²) in [7, 11) is 0. The van der Waals surface area contributed by atoms with Crippen LogP contribution in [-0.4, -0.2) is 16.0 Å². The molecule has 0 aliphatic rings. The molecule has 1 aromatic carbocycles. The van der Waals surface area contributed by atoms with Crippen LogP contribution in [0.5, 0.6) is 0 Å². The Morgan fingerprint density at radius 1 is 1.46 bits per heavy atom. The van der Waals surface area contributed by atoms with Gasteiger partial charge in [0.1, 0.15) is 0 Å². The van der Waals surface area contributed by atoms with Gasteiger partial charge in [-0.2, -0.15) is 0 Å². The van der Waals surface area contributed by atoms with Gasteiger partial charge in [-0.1, -0.05) is 6.07 Å². The Bertz CT molecular complexity index is 310. The Hall–Kier alpha value is -1.98. The molecule has 0 fully saturated rings. The van der Waals surface area contributed by atoms with Gasteiger partial charge in [-0.15, -0.1) is 0 Å². The van der Waals surface area contributed by atoms with Gasteiger partial charge < -0.3 is 5.11 Å². The van der Waals surface area contributed by atoms with Crippen LogP contribution in [0.2, 0.25) is 0 Å². The molecule has 1 aromatic rings. The maximum Gasteiger partial charge on any atom is 0.335 e. The highest BCUT2D eigenvalue weighted by Crippen LogP contribution is 2.12. The number of hydrogen-bond acceptors (Lipinski definition) is 3. The van der Waals surface area contributed by atoms with Crippen LogP contribution in [0.3, 0.4) is 0 Å². The Kier molecular flexibility index (Phi) is 3.52.